The van der Waals surface area contributed by atoms with E-state index in [-0.39, 0.29) is 12.2 Å². The number of carboxylic acids is 1. The Labute approximate surface area is 119 Å². The third kappa shape index (κ3) is 8.03. The summed E-state index contributed by atoms with van der Waals surface area (Å²) in [4.78, 5) is 12.2. The fourth-order valence-corrected chi connectivity index (χ4v) is 1.46. The molecule has 0 amide bonds. The molecular weight excluding hydrogens is 291 g/mol. The number of carbonyl (C=O) groups is 1. The van der Waals surface area contributed by atoms with Crippen molar-refractivity contribution >= 4 is 5.97 Å². The molecule has 5 nitrogen and oxygen atoms in total. The van der Waals surface area contributed by atoms with E-state index in [4.69, 9.17) is 9.84 Å². The second kappa shape index (κ2) is 7.72. The van der Waals surface area contributed by atoms with Crippen LogP contribution in [0.4, 0.5) is 13.2 Å². The van der Waals surface area contributed by atoms with E-state index < -0.39 is 12.3 Å². The number of ether oxygens (including phenoxy) is 2. The van der Waals surface area contributed by atoms with Gasteiger partial charge in [0.1, 0.15) is 18.1 Å². The zero-order chi connectivity index (χ0) is 15.9. The van der Waals surface area contributed by atoms with Crippen LogP contribution >= 0.6 is 0 Å². The van der Waals surface area contributed by atoms with Gasteiger partial charge in [-0.05, 0) is 31.3 Å². The summed E-state index contributed by atoms with van der Waals surface area (Å²) in [5.41, 5.74) is 0. The molecule has 1 N–H and O–H groups in total. The third-order valence-electron chi connectivity index (χ3n) is 2.51. The van der Waals surface area contributed by atoms with Crippen LogP contribution in [-0.2, 0) is 4.79 Å². The number of hydrogen-bond acceptors (Lipinski definition) is 4. The number of halogens is 3. The SMILES string of the molecule is CN(CCOc1ccc(OC(F)(F)F)cc1)CCC(=O)O. The predicted molar refractivity (Wildman–Crippen MR) is 68.4 cm³/mol. The first-order chi connectivity index (χ1) is 9.76. The first-order valence-corrected chi connectivity index (χ1v) is 6.15. The number of rotatable bonds is 8. The van der Waals surface area contributed by atoms with Crippen LogP contribution in [0.3, 0.4) is 0 Å². The standard InChI is InChI=1S/C13H16F3NO4/c1-17(7-6-12(18)19)8-9-20-10-2-4-11(5-3-10)21-13(14,15)16/h2-5H,6-9H2,1H3,(H,18,19). The van der Waals surface area contributed by atoms with Gasteiger partial charge in [0.25, 0.3) is 0 Å². The van der Waals surface area contributed by atoms with Crippen molar-refractivity contribution in [2.24, 2.45) is 0 Å². The number of aliphatic carboxylic acids is 1. The van der Waals surface area contributed by atoms with Gasteiger partial charge in [-0.15, -0.1) is 13.2 Å². The van der Waals surface area contributed by atoms with Crippen molar-refractivity contribution in [3.63, 3.8) is 0 Å². The molecule has 0 radical (unpaired) electrons. The van der Waals surface area contributed by atoms with Gasteiger partial charge in [-0.2, -0.15) is 0 Å². The Morgan fingerprint density at radius 3 is 2.29 bits per heavy atom. The van der Waals surface area contributed by atoms with Gasteiger partial charge in [-0.3, -0.25) is 4.79 Å². The molecular formula is C13H16F3NO4. The van der Waals surface area contributed by atoms with E-state index in [0.29, 0.717) is 25.4 Å². The van der Waals surface area contributed by atoms with Gasteiger partial charge in [0.2, 0.25) is 0 Å². The smallest absolute Gasteiger partial charge is 0.492 e. The van der Waals surface area contributed by atoms with E-state index in [2.05, 4.69) is 4.74 Å². The second-order valence-corrected chi connectivity index (χ2v) is 4.31. The molecule has 0 spiro atoms. The molecule has 0 aliphatic rings. The maximum Gasteiger partial charge on any atom is 0.573 e. The highest BCUT2D eigenvalue weighted by molar-refractivity contribution is 5.66. The summed E-state index contributed by atoms with van der Waals surface area (Å²) in [5, 5.41) is 8.52. The average molecular weight is 307 g/mol. The van der Waals surface area contributed by atoms with Crippen molar-refractivity contribution in [2.45, 2.75) is 12.8 Å². The molecule has 0 fully saturated rings. The van der Waals surface area contributed by atoms with Gasteiger partial charge >= 0.3 is 12.3 Å². The number of hydrogen-bond donors (Lipinski definition) is 1. The largest absolute Gasteiger partial charge is 0.573 e. The number of alkyl halides is 3. The number of benzene rings is 1. The van der Waals surface area contributed by atoms with E-state index in [9.17, 15) is 18.0 Å². The highest BCUT2D eigenvalue weighted by atomic mass is 19.4. The maximum absolute atomic E-state index is 12.0. The van der Waals surface area contributed by atoms with E-state index in [1.54, 1.807) is 11.9 Å². The van der Waals surface area contributed by atoms with Crippen LogP contribution in [-0.4, -0.2) is 49.1 Å². The Balaban J connectivity index is 2.31. The third-order valence-corrected chi connectivity index (χ3v) is 2.51. The molecule has 0 aliphatic carbocycles. The van der Waals surface area contributed by atoms with Crippen LogP contribution in [0, 0.1) is 0 Å². The summed E-state index contributed by atoms with van der Waals surface area (Å²) in [6, 6.07) is 5.07. The van der Waals surface area contributed by atoms with Crippen LogP contribution in [0.25, 0.3) is 0 Å². The van der Waals surface area contributed by atoms with Crippen LogP contribution < -0.4 is 9.47 Å². The Morgan fingerprint density at radius 1 is 1.19 bits per heavy atom. The number of carboxylic acid groups (broad SMARTS) is 1. The van der Waals surface area contributed by atoms with Crippen molar-refractivity contribution in [1.82, 2.24) is 4.90 Å². The van der Waals surface area contributed by atoms with Gasteiger partial charge in [0.15, 0.2) is 0 Å². The van der Waals surface area contributed by atoms with Crippen LogP contribution in [0.2, 0.25) is 0 Å². The zero-order valence-corrected chi connectivity index (χ0v) is 11.4. The highest BCUT2D eigenvalue weighted by Gasteiger charge is 2.30. The predicted octanol–water partition coefficient (Wildman–Crippen LogP) is 2.37. The minimum absolute atomic E-state index is 0.0416. The molecule has 1 aromatic carbocycles. The summed E-state index contributed by atoms with van der Waals surface area (Å²) >= 11 is 0. The summed E-state index contributed by atoms with van der Waals surface area (Å²) in [7, 11) is 1.76. The Morgan fingerprint density at radius 2 is 1.76 bits per heavy atom. The fourth-order valence-electron chi connectivity index (χ4n) is 1.46. The molecule has 0 heterocycles. The van der Waals surface area contributed by atoms with Crippen molar-refractivity contribution < 1.29 is 32.5 Å². The van der Waals surface area contributed by atoms with E-state index in [0.717, 1.165) is 12.1 Å². The minimum Gasteiger partial charge on any atom is -0.492 e. The van der Waals surface area contributed by atoms with E-state index in [1.165, 1.54) is 12.1 Å². The van der Waals surface area contributed by atoms with Gasteiger partial charge in [-0.25, -0.2) is 0 Å². The summed E-state index contributed by atoms with van der Waals surface area (Å²) < 4.78 is 45.0. The Hall–Kier alpha value is -1.96. The average Bonchev–Trinajstić information content (AvgIpc) is 2.37. The highest BCUT2D eigenvalue weighted by Crippen LogP contribution is 2.24. The normalized spacial score (nSPS) is 11.5. The summed E-state index contributed by atoms with van der Waals surface area (Å²) in [6.45, 7) is 1.21. The zero-order valence-electron chi connectivity index (χ0n) is 11.4. The van der Waals surface area contributed by atoms with Crippen LogP contribution in [0.5, 0.6) is 11.5 Å². The lowest BCUT2D eigenvalue weighted by atomic mass is 10.3. The first kappa shape index (κ1) is 17.1. The molecule has 0 unspecified atom stereocenters. The maximum atomic E-state index is 12.0. The van der Waals surface area contributed by atoms with Crippen LogP contribution in [0.15, 0.2) is 24.3 Å². The van der Waals surface area contributed by atoms with Gasteiger partial charge < -0.3 is 19.5 Å². The van der Waals surface area contributed by atoms with Gasteiger partial charge in [0.05, 0.1) is 6.42 Å². The lowest BCUT2D eigenvalue weighted by Crippen LogP contribution is -2.26. The lowest BCUT2D eigenvalue weighted by Gasteiger charge is -2.16. The molecule has 8 heteroatoms. The molecule has 21 heavy (non-hydrogen) atoms. The monoisotopic (exact) mass is 307 g/mol. The van der Waals surface area contributed by atoms with E-state index >= 15 is 0 Å². The van der Waals surface area contributed by atoms with Crippen molar-refractivity contribution in [1.29, 1.82) is 0 Å². The molecule has 0 saturated heterocycles. The van der Waals surface area contributed by atoms with Crippen molar-refractivity contribution in [3.05, 3.63) is 24.3 Å². The number of likely N-dealkylation sites (N-methyl/N-ethyl adjacent to an activating group) is 1. The molecule has 1 aromatic rings. The Bertz CT molecular complexity index is 448. The van der Waals surface area contributed by atoms with Gasteiger partial charge in [-0.1, -0.05) is 0 Å². The molecule has 0 saturated carbocycles. The molecule has 0 aliphatic heterocycles. The quantitative estimate of drug-likeness (QED) is 0.799. The number of nitrogens with zero attached hydrogens (tertiary/aromatic N) is 1. The Kier molecular flexibility index (Phi) is 6.29. The minimum atomic E-state index is -4.71. The van der Waals surface area contributed by atoms with E-state index in [1.807, 2.05) is 0 Å². The molecule has 0 atom stereocenters. The first-order valence-electron chi connectivity index (χ1n) is 6.15. The lowest BCUT2D eigenvalue weighted by molar-refractivity contribution is -0.274. The van der Waals surface area contributed by atoms with Crippen molar-refractivity contribution in [2.75, 3.05) is 26.7 Å². The summed E-state index contributed by atoms with van der Waals surface area (Å²) in [6.07, 6.45) is -4.67. The van der Waals surface area contributed by atoms with Crippen LogP contribution in [0.1, 0.15) is 6.42 Å². The van der Waals surface area contributed by atoms with Crippen molar-refractivity contribution in [3.8, 4) is 11.5 Å². The molecule has 1 rings (SSSR count). The fraction of sp³-hybridized carbons (Fsp3) is 0.462. The molecule has 0 aromatic heterocycles. The molecule has 0 bridgehead atoms. The molecule has 118 valence electrons. The second-order valence-electron chi connectivity index (χ2n) is 4.31. The summed E-state index contributed by atoms with van der Waals surface area (Å²) in [5.74, 6) is -0.771. The topological polar surface area (TPSA) is 59.0 Å². The van der Waals surface area contributed by atoms with Gasteiger partial charge in [0, 0.05) is 13.1 Å².